The summed E-state index contributed by atoms with van der Waals surface area (Å²) in [7, 11) is 4.30. The van der Waals surface area contributed by atoms with Gasteiger partial charge >= 0.3 is 10.9 Å². The molecule has 0 aliphatic heterocycles. The Kier molecular flexibility index (Phi) is 4.57. The summed E-state index contributed by atoms with van der Waals surface area (Å²) in [4.78, 5) is 15.7. The topological polar surface area (TPSA) is 68.0 Å². The highest BCUT2D eigenvalue weighted by molar-refractivity contribution is 9.09. The van der Waals surface area contributed by atoms with Crippen molar-refractivity contribution in [3.63, 3.8) is 0 Å². The fourth-order valence-corrected chi connectivity index (χ4v) is 0.914. The maximum absolute atomic E-state index is 11.1. The summed E-state index contributed by atoms with van der Waals surface area (Å²) in [5.74, 6) is -0.397. The lowest BCUT2D eigenvalue weighted by molar-refractivity contribution is -0.557. The molecule has 0 aliphatic rings. The first-order chi connectivity index (χ1) is 5.50. The van der Waals surface area contributed by atoms with E-state index in [1.54, 1.807) is 0 Å². The molecule has 1 amide bonds. The number of hydroxylamine groups is 1. The molecule has 0 bridgehead atoms. The fourth-order valence-electron chi connectivity index (χ4n) is 0.429. The molecule has 0 aromatic heterocycles. The van der Waals surface area contributed by atoms with E-state index in [4.69, 9.17) is 0 Å². The molecule has 0 aromatic rings. The molecule has 0 radical (unpaired) electrons. The zero-order chi connectivity index (χ0) is 9.72. The van der Waals surface area contributed by atoms with Crippen LogP contribution in [0.2, 0.25) is 0 Å². The molecule has 70 valence electrons. The smallest absolute Gasteiger partial charge is 0.323 e. The molecular weight excluding hydrogens is 230 g/mol. The Hall–Kier alpha value is -0.850. The minimum atomic E-state index is -1.03. The molecule has 6 nitrogen and oxygen atoms in total. The average molecular weight is 240 g/mol. The van der Waals surface area contributed by atoms with Gasteiger partial charge in [0.1, 0.15) is 7.11 Å². The highest BCUT2D eigenvalue weighted by atomic mass is 79.9. The van der Waals surface area contributed by atoms with Gasteiger partial charge in [-0.25, -0.2) is 0 Å². The van der Waals surface area contributed by atoms with E-state index in [0.29, 0.717) is 0 Å². The van der Waals surface area contributed by atoms with Crippen LogP contribution in [0, 0.1) is 5.21 Å². The van der Waals surface area contributed by atoms with Gasteiger partial charge in [-0.2, -0.15) is 0 Å². The molecule has 7 heteroatoms. The molecule has 1 unspecified atom stereocenters. The Morgan fingerprint density at radius 2 is 2.25 bits per heavy atom. The summed E-state index contributed by atoms with van der Waals surface area (Å²) >= 11 is 2.86. The lowest BCUT2D eigenvalue weighted by Gasteiger charge is -2.11. The Balaban J connectivity index is 4.29. The lowest BCUT2D eigenvalue weighted by Crippen LogP contribution is -2.35. The predicted molar refractivity (Wildman–Crippen MR) is 44.5 cm³/mol. The summed E-state index contributed by atoms with van der Waals surface area (Å²) in [5, 5.41) is 13.8. The summed E-state index contributed by atoms with van der Waals surface area (Å²) in [6.07, 6.45) is 0. The molecule has 0 fully saturated rings. The molecule has 0 saturated heterocycles. The highest BCUT2D eigenvalue weighted by Crippen LogP contribution is 2.04. The van der Waals surface area contributed by atoms with Crippen molar-refractivity contribution in [1.29, 1.82) is 0 Å². The van der Waals surface area contributed by atoms with Crippen LogP contribution in [0.3, 0.4) is 0 Å². The van der Waals surface area contributed by atoms with Crippen LogP contribution in [-0.4, -0.2) is 41.8 Å². The number of halogens is 1. The van der Waals surface area contributed by atoms with E-state index in [2.05, 4.69) is 26.0 Å². The van der Waals surface area contributed by atoms with Crippen molar-refractivity contribution in [2.45, 2.75) is 4.95 Å². The Labute approximate surface area is 78.5 Å². The number of amides is 1. The van der Waals surface area contributed by atoms with Crippen molar-refractivity contribution in [2.75, 3.05) is 21.2 Å². The van der Waals surface area contributed by atoms with E-state index in [0.717, 1.165) is 0 Å². The van der Waals surface area contributed by atoms with Crippen molar-refractivity contribution < 1.29 is 14.5 Å². The third kappa shape index (κ3) is 3.04. The maximum Gasteiger partial charge on any atom is 0.323 e. The van der Waals surface area contributed by atoms with Crippen molar-refractivity contribution in [1.82, 2.24) is 4.90 Å². The molecule has 1 atom stereocenters. The Morgan fingerprint density at radius 3 is 2.58 bits per heavy atom. The minimum absolute atomic E-state index is 0.141. The van der Waals surface area contributed by atoms with Gasteiger partial charge in [0.15, 0.2) is 0 Å². The van der Waals surface area contributed by atoms with Crippen LogP contribution < -0.4 is 0 Å². The summed E-state index contributed by atoms with van der Waals surface area (Å²) in [6, 6.07) is 0. The first kappa shape index (κ1) is 11.2. The van der Waals surface area contributed by atoms with Crippen LogP contribution in [0.5, 0.6) is 0 Å². The molecule has 0 spiro atoms. The summed E-state index contributed by atoms with van der Waals surface area (Å²) < 4.78 is 0. The number of carbonyl (C=O) groups is 1. The molecule has 0 aromatic carbocycles. The van der Waals surface area contributed by atoms with Crippen LogP contribution in [0.4, 0.5) is 0 Å². The number of carbonyl (C=O) groups excluding carboxylic acids is 1. The van der Waals surface area contributed by atoms with Crippen molar-refractivity contribution in [2.24, 2.45) is 5.28 Å². The van der Waals surface area contributed by atoms with Gasteiger partial charge in [-0.05, 0) is 4.86 Å². The number of likely N-dealkylation sites (N-methyl/N-ethyl adjacent to an activating group) is 1. The quantitative estimate of drug-likeness (QED) is 0.234. The number of alkyl halides is 1. The second-order valence-electron chi connectivity index (χ2n) is 2.14. The standard InChI is InChI=1S/C5H10BrN3O3/c1-8(2)5(10)4(6)9(11)7-12-3/h4H,1-3H3. The van der Waals surface area contributed by atoms with E-state index in [9.17, 15) is 10.0 Å². The average Bonchev–Trinajstić information content (AvgIpc) is 2.02. The zero-order valence-corrected chi connectivity index (χ0v) is 8.61. The van der Waals surface area contributed by atoms with Gasteiger partial charge in [0.25, 0.3) is 0 Å². The first-order valence-corrected chi connectivity index (χ1v) is 3.98. The summed E-state index contributed by atoms with van der Waals surface area (Å²) in [5.41, 5.74) is 0. The fraction of sp³-hybridized carbons (Fsp3) is 0.800. The largest absolute Gasteiger partial charge is 0.596 e. The van der Waals surface area contributed by atoms with Gasteiger partial charge in [0.2, 0.25) is 5.28 Å². The van der Waals surface area contributed by atoms with Gasteiger partial charge in [-0.1, -0.05) is 0 Å². The molecule has 0 saturated carbocycles. The third-order valence-electron chi connectivity index (χ3n) is 1.00. The predicted octanol–water partition coefficient (Wildman–Crippen LogP) is 0.320. The van der Waals surface area contributed by atoms with Gasteiger partial charge in [0, 0.05) is 30.0 Å². The second kappa shape index (κ2) is 4.91. The van der Waals surface area contributed by atoms with Crippen molar-refractivity contribution >= 4 is 21.8 Å². The lowest BCUT2D eigenvalue weighted by atomic mass is 10.6. The third-order valence-corrected chi connectivity index (χ3v) is 1.74. The van der Waals surface area contributed by atoms with Crippen LogP contribution in [0.15, 0.2) is 5.28 Å². The van der Waals surface area contributed by atoms with Crippen molar-refractivity contribution in [3.05, 3.63) is 5.21 Å². The van der Waals surface area contributed by atoms with E-state index < -0.39 is 10.9 Å². The SMILES string of the molecule is CON=[N+]([O-])C(Br)C(=O)N(C)C. The number of hydrogen-bond donors (Lipinski definition) is 0. The molecule has 0 N–H and O–H groups in total. The maximum atomic E-state index is 11.1. The van der Waals surface area contributed by atoms with Crippen molar-refractivity contribution in [3.8, 4) is 0 Å². The molecule has 0 aliphatic carbocycles. The van der Waals surface area contributed by atoms with Gasteiger partial charge in [0.05, 0.1) is 0 Å². The molecule has 0 rings (SSSR count). The monoisotopic (exact) mass is 239 g/mol. The molecule has 0 heterocycles. The van der Waals surface area contributed by atoms with Crippen LogP contribution in [0.1, 0.15) is 0 Å². The molecular formula is C5H10BrN3O3. The van der Waals surface area contributed by atoms with E-state index in [1.807, 2.05) is 0 Å². The summed E-state index contributed by atoms with van der Waals surface area (Å²) in [6.45, 7) is 0. The Bertz CT molecular complexity index is 194. The van der Waals surface area contributed by atoms with E-state index in [1.165, 1.54) is 26.1 Å². The highest BCUT2D eigenvalue weighted by Gasteiger charge is 2.26. The first-order valence-electron chi connectivity index (χ1n) is 3.06. The number of hydrogen-bond acceptors (Lipinski definition) is 4. The number of rotatable bonds is 3. The van der Waals surface area contributed by atoms with E-state index >= 15 is 0 Å². The number of nitrogens with zero attached hydrogens (tertiary/aromatic N) is 3. The normalized spacial score (nSPS) is 13.8. The second-order valence-corrected chi connectivity index (χ2v) is 3.00. The van der Waals surface area contributed by atoms with Gasteiger partial charge in [-0.15, -0.1) is 0 Å². The molecule has 12 heavy (non-hydrogen) atoms. The Morgan fingerprint density at radius 1 is 1.75 bits per heavy atom. The van der Waals surface area contributed by atoms with Crippen LogP contribution >= 0.6 is 15.9 Å². The van der Waals surface area contributed by atoms with Crippen LogP contribution in [-0.2, 0) is 9.63 Å². The van der Waals surface area contributed by atoms with E-state index in [-0.39, 0.29) is 4.86 Å². The van der Waals surface area contributed by atoms with Gasteiger partial charge < -0.3 is 14.9 Å². The minimum Gasteiger partial charge on any atom is -0.596 e. The van der Waals surface area contributed by atoms with Gasteiger partial charge in [-0.3, -0.25) is 4.79 Å². The zero-order valence-electron chi connectivity index (χ0n) is 7.02. The van der Waals surface area contributed by atoms with Crippen LogP contribution in [0.25, 0.3) is 0 Å².